The lowest BCUT2D eigenvalue weighted by molar-refractivity contribution is 0.408. The van der Waals surface area contributed by atoms with Gasteiger partial charge in [-0.25, -0.2) is 4.52 Å². The molecule has 6 nitrogen and oxygen atoms in total. The monoisotopic (exact) mass is 270 g/mol. The number of hydrogen-bond acceptors (Lipinski definition) is 4. The maximum Gasteiger partial charge on any atom is 0.276 e. The van der Waals surface area contributed by atoms with E-state index in [0.717, 1.165) is 5.56 Å². The number of methoxy groups -OCH3 is 1. The van der Waals surface area contributed by atoms with E-state index >= 15 is 0 Å². The molecular weight excluding hydrogens is 256 g/mol. The van der Waals surface area contributed by atoms with Crippen LogP contribution in [-0.2, 0) is 6.54 Å². The van der Waals surface area contributed by atoms with Crippen LogP contribution >= 0.6 is 0 Å². The molecule has 2 N–H and O–H groups in total. The van der Waals surface area contributed by atoms with Gasteiger partial charge in [-0.05, 0) is 24.3 Å². The summed E-state index contributed by atoms with van der Waals surface area (Å²) in [6, 6.07) is 7.07. The maximum atomic E-state index is 12.3. The lowest BCUT2D eigenvalue weighted by atomic mass is 10.1. The summed E-state index contributed by atoms with van der Waals surface area (Å²) in [6.45, 7) is 0.398. The van der Waals surface area contributed by atoms with E-state index in [1.807, 2.05) is 6.07 Å². The summed E-state index contributed by atoms with van der Waals surface area (Å²) >= 11 is 0. The van der Waals surface area contributed by atoms with Gasteiger partial charge in [0.05, 0.1) is 19.9 Å². The van der Waals surface area contributed by atoms with E-state index in [0.29, 0.717) is 23.5 Å². The molecule has 6 heteroatoms. The average molecular weight is 270 g/mol. The Hall–Kier alpha value is -2.76. The number of rotatable bonds is 3. The molecule has 2 aromatic heterocycles. The fraction of sp³-hybridized carbons (Fsp3) is 0.143. The smallest absolute Gasteiger partial charge is 0.276 e. The molecule has 0 aliphatic heterocycles. The molecule has 0 fully saturated rings. The van der Waals surface area contributed by atoms with Crippen LogP contribution in [0.1, 0.15) is 5.56 Å². The lowest BCUT2D eigenvalue weighted by Crippen LogP contribution is -2.22. The normalized spacial score (nSPS) is 10.8. The van der Waals surface area contributed by atoms with Crippen molar-refractivity contribution in [1.82, 2.24) is 14.2 Å². The second-order valence-corrected chi connectivity index (χ2v) is 4.46. The Morgan fingerprint density at radius 2 is 2.15 bits per heavy atom. The van der Waals surface area contributed by atoms with E-state index in [4.69, 9.17) is 10.5 Å². The Morgan fingerprint density at radius 1 is 1.30 bits per heavy atom. The number of nitrogens with two attached hydrogens (primary N) is 1. The molecule has 0 bridgehead atoms. The first kappa shape index (κ1) is 12.3. The molecule has 20 heavy (non-hydrogen) atoms. The highest BCUT2D eigenvalue weighted by atomic mass is 16.5. The second-order valence-electron chi connectivity index (χ2n) is 4.46. The predicted molar refractivity (Wildman–Crippen MR) is 76.0 cm³/mol. The highest BCUT2D eigenvalue weighted by molar-refractivity contribution is 5.48. The Kier molecular flexibility index (Phi) is 2.90. The summed E-state index contributed by atoms with van der Waals surface area (Å²) in [6.07, 6.45) is 5.04. The zero-order valence-corrected chi connectivity index (χ0v) is 11.0. The molecule has 2 heterocycles. The second kappa shape index (κ2) is 4.73. The van der Waals surface area contributed by atoms with Gasteiger partial charge in [0.1, 0.15) is 11.3 Å². The molecular formula is C14H14N4O2. The summed E-state index contributed by atoms with van der Waals surface area (Å²) in [5.41, 5.74) is 7.72. The SMILES string of the molecule is COc1ccc(N)cc1Cn1ccn2nccc2c1=O. The highest BCUT2D eigenvalue weighted by Gasteiger charge is 2.08. The van der Waals surface area contributed by atoms with E-state index in [-0.39, 0.29) is 5.56 Å². The van der Waals surface area contributed by atoms with Gasteiger partial charge in [0, 0.05) is 23.6 Å². The van der Waals surface area contributed by atoms with E-state index in [2.05, 4.69) is 5.10 Å². The molecule has 0 saturated carbocycles. The summed E-state index contributed by atoms with van der Waals surface area (Å²) in [7, 11) is 1.60. The van der Waals surface area contributed by atoms with Crippen molar-refractivity contribution in [2.24, 2.45) is 0 Å². The van der Waals surface area contributed by atoms with Crippen molar-refractivity contribution in [1.29, 1.82) is 0 Å². The molecule has 0 spiro atoms. The van der Waals surface area contributed by atoms with Crippen LogP contribution in [0, 0.1) is 0 Å². The molecule has 102 valence electrons. The Labute approximate surface area is 115 Å². The molecule has 1 aromatic carbocycles. The van der Waals surface area contributed by atoms with Crippen molar-refractivity contribution in [2.75, 3.05) is 12.8 Å². The number of nitrogens with zero attached hydrogens (tertiary/aromatic N) is 3. The Morgan fingerprint density at radius 3 is 2.95 bits per heavy atom. The van der Waals surface area contributed by atoms with E-state index in [1.165, 1.54) is 0 Å². The zero-order chi connectivity index (χ0) is 14.1. The van der Waals surface area contributed by atoms with Crippen LogP contribution in [-0.4, -0.2) is 21.3 Å². The number of hydrogen-bond donors (Lipinski definition) is 1. The van der Waals surface area contributed by atoms with Gasteiger partial charge in [0.25, 0.3) is 5.56 Å². The van der Waals surface area contributed by atoms with Gasteiger partial charge < -0.3 is 15.0 Å². The Balaban J connectivity index is 2.07. The summed E-state index contributed by atoms with van der Waals surface area (Å²) in [5, 5.41) is 4.03. The van der Waals surface area contributed by atoms with Crippen molar-refractivity contribution in [3.8, 4) is 5.75 Å². The first-order valence-corrected chi connectivity index (χ1v) is 6.14. The van der Waals surface area contributed by atoms with E-state index in [9.17, 15) is 4.79 Å². The van der Waals surface area contributed by atoms with Gasteiger partial charge in [-0.15, -0.1) is 0 Å². The van der Waals surface area contributed by atoms with Crippen LogP contribution in [0.3, 0.4) is 0 Å². The van der Waals surface area contributed by atoms with Crippen LogP contribution in [0.5, 0.6) is 5.75 Å². The molecule has 0 saturated heterocycles. The first-order valence-electron chi connectivity index (χ1n) is 6.14. The summed E-state index contributed by atoms with van der Waals surface area (Å²) < 4.78 is 8.45. The molecule has 0 radical (unpaired) electrons. The van der Waals surface area contributed by atoms with Crippen LogP contribution in [0.25, 0.3) is 5.52 Å². The standard InChI is InChI=1S/C14H14N4O2/c1-20-13-3-2-11(15)8-10(13)9-17-6-7-18-12(14(17)19)4-5-16-18/h2-8H,9,15H2,1H3. The third-order valence-electron chi connectivity index (χ3n) is 3.18. The maximum absolute atomic E-state index is 12.3. The molecule has 0 aliphatic rings. The molecule has 0 unspecified atom stereocenters. The third-order valence-corrected chi connectivity index (χ3v) is 3.18. The lowest BCUT2D eigenvalue weighted by Gasteiger charge is -2.11. The van der Waals surface area contributed by atoms with Gasteiger partial charge in [0.2, 0.25) is 0 Å². The first-order chi connectivity index (χ1) is 9.69. The summed E-state index contributed by atoms with van der Waals surface area (Å²) in [4.78, 5) is 12.3. The number of aromatic nitrogens is 3. The van der Waals surface area contributed by atoms with Crippen molar-refractivity contribution >= 4 is 11.2 Å². The van der Waals surface area contributed by atoms with Crippen molar-refractivity contribution in [2.45, 2.75) is 6.54 Å². The Bertz CT molecular complexity index is 819. The van der Waals surface area contributed by atoms with Gasteiger partial charge in [-0.2, -0.15) is 5.10 Å². The zero-order valence-electron chi connectivity index (χ0n) is 11.0. The van der Waals surface area contributed by atoms with Crippen molar-refractivity contribution < 1.29 is 4.74 Å². The number of ether oxygens (including phenoxy) is 1. The minimum Gasteiger partial charge on any atom is -0.496 e. The van der Waals surface area contributed by atoms with Crippen LogP contribution < -0.4 is 16.0 Å². The third kappa shape index (κ3) is 2.01. The predicted octanol–water partition coefficient (Wildman–Crippen LogP) is 1.14. The molecule has 3 rings (SSSR count). The minimum atomic E-state index is -0.102. The summed E-state index contributed by atoms with van der Waals surface area (Å²) in [5.74, 6) is 0.708. The molecule has 0 atom stereocenters. The minimum absolute atomic E-state index is 0.102. The van der Waals surface area contributed by atoms with Gasteiger partial charge >= 0.3 is 0 Å². The van der Waals surface area contributed by atoms with E-state index in [1.54, 1.807) is 53.0 Å². The van der Waals surface area contributed by atoms with Crippen LogP contribution in [0.4, 0.5) is 5.69 Å². The topological polar surface area (TPSA) is 74.6 Å². The number of fused-ring (bicyclic) bond motifs is 1. The quantitative estimate of drug-likeness (QED) is 0.724. The number of nitrogen functional groups attached to an aromatic ring is 1. The van der Waals surface area contributed by atoms with Crippen molar-refractivity contribution in [3.05, 3.63) is 58.8 Å². The largest absolute Gasteiger partial charge is 0.496 e. The fourth-order valence-electron chi connectivity index (χ4n) is 2.19. The van der Waals surface area contributed by atoms with Gasteiger partial charge in [0.15, 0.2) is 0 Å². The van der Waals surface area contributed by atoms with Crippen LogP contribution in [0.15, 0.2) is 47.7 Å². The highest BCUT2D eigenvalue weighted by Crippen LogP contribution is 2.21. The number of anilines is 1. The molecule has 3 aromatic rings. The molecule has 0 aliphatic carbocycles. The average Bonchev–Trinajstić information content (AvgIpc) is 2.91. The van der Waals surface area contributed by atoms with Gasteiger partial charge in [-0.3, -0.25) is 4.79 Å². The fourth-order valence-corrected chi connectivity index (χ4v) is 2.19. The van der Waals surface area contributed by atoms with Crippen molar-refractivity contribution in [3.63, 3.8) is 0 Å². The molecule has 0 amide bonds. The van der Waals surface area contributed by atoms with Gasteiger partial charge in [-0.1, -0.05) is 0 Å². The van der Waals surface area contributed by atoms with E-state index < -0.39 is 0 Å². The van der Waals surface area contributed by atoms with Crippen LogP contribution in [0.2, 0.25) is 0 Å². The number of benzene rings is 1.